The van der Waals surface area contributed by atoms with Crippen LogP contribution in [0.1, 0.15) is 15.9 Å². The Hall–Kier alpha value is -1.65. The van der Waals surface area contributed by atoms with Gasteiger partial charge in [0.15, 0.2) is 0 Å². The number of nitrogen functional groups attached to an aromatic ring is 1. The Morgan fingerprint density at radius 1 is 1.29 bits per heavy atom. The fourth-order valence-corrected chi connectivity index (χ4v) is 3.73. The molecule has 2 aromatic carbocycles. The number of amides is 1. The zero-order chi connectivity index (χ0) is 15.0. The summed E-state index contributed by atoms with van der Waals surface area (Å²) < 4.78 is 0. The van der Waals surface area contributed by atoms with Crippen molar-refractivity contribution in [2.24, 2.45) is 0 Å². The van der Waals surface area contributed by atoms with E-state index in [1.807, 2.05) is 37.3 Å². The second-order valence-electron chi connectivity index (χ2n) is 5.05. The number of hydrogen-bond donors (Lipinski definition) is 1. The first-order valence-electron chi connectivity index (χ1n) is 6.66. The third-order valence-corrected chi connectivity index (χ3v) is 4.64. The number of aryl methyl sites for hydroxylation is 1. The Kier molecular flexibility index (Phi) is 3.83. The lowest BCUT2D eigenvalue weighted by Crippen LogP contribution is -2.35. The molecule has 1 aliphatic rings. The molecule has 21 heavy (non-hydrogen) atoms. The second kappa shape index (κ2) is 5.62. The van der Waals surface area contributed by atoms with Gasteiger partial charge in [-0.05, 0) is 48.9 Å². The van der Waals surface area contributed by atoms with Gasteiger partial charge in [0.25, 0.3) is 5.91 Å². The van der Waals surface area contributed by atoms with E-state index in [2.05, 4.69) is 0 Å². The Labute approximate surface area is 133 Å². The van der Waals surface area contributed by atoms with Crippen LogP contribution in [0, 0.1) is 6.92 Å². The molecule has 2 N–H and O–H groups in total. The number of benzene rings is 2. The van der Waals surface area contributed by atoms with Gasteiger partial charge in [0.1, 0.15) is 0 Å². The monoisotopic (exact) mass is 318 g/mol. The molecule has 1 amide bonds. The maximum Gasteiger partial charge on any atom is 0.258 e. The summed E-state index contributed by atoms with van der Waals surface area (Å²) in [6.45, 7) is 2.60. The van der Waals surface area contributed by atoms with E-state index in [-0.39, 0.29) is 5.91 Å². The number of anilines is 2. The number of thioether (sulfide) groups is 1. The van der Waals surface area contributed by atoms with Crippen molar-refractivity contribution in [2.75, 3.05) is 22.9 Å². The van der Waals surface area contributed by atoms with Gasteiger partial charge in [0, 0.05) is 33.5 Å². The van der Waals surface area contributed by atoms with Gasteiger partial charge in [-0.1, -0.05) is 11.6 Å². The van der Waals surface area contributed by atoms with Crippen LogP contribution in [-0.2, 0) is 0 Å². The number of nitrogens with zero attached hydrogens (tertiary/aromatic N) is 1. The average Bonchev–Trinajstić information content (AvgIpc) is 2.44. The first kappa shape index (κ1) is 14.3. The van der Waals surface area contributed by atoms with Crippen molar-refractivity contribution in [1.82, 2.24) is 0 Å². The van der Waals surface area contributed by atoms with Crippen LogP contribution in [0.5, 0.6) is 0 Å². The van der Waals surface area contributed by atoms with Crippen molar-refractivity contribution >= 4 is 40.6 Å². The van der Waals surface area contributed by atoms with E-state index in [1.54, 1.807) is 22.7 Å². The van der Waals surface area contributed by atoms with Gasteiger partial charge in [-0.3, -0.25) is 4.79 Å². The van der Waals surface area contributed by atoms with E-state index in [0.29, 0.717) is 22.8 Å². The lowest BCUT2D eigenvalue weighted by Gasteiger charge is -2.29. The van der Waals surface area contributed by atoms with E-state index >= 15 is 0 Å². The molecule has 0 saturated carbocycles. The third-order valence-electron chi connectivity index (χ3n) is 3.38. The predicted octanol–water partition coefficient (Wildman–Crippen LogP) is 3.98. The lowest BCUT2D eigenvalue weighted by molar-refractivity contribution is 0.0987. The summed E-state index contributed by atoms with van der Waals surface area (Å²) in [5.41, 5.74) is 9.00. The quantitative estimate of drug-likeness (QED) is 0.809. The number of nitrogens with two attached hydrogens (primary N) is 1. The molecule has 0 aliphatic carbocycles. The van der Waals surface area contributed by atoms with Crippen LogP contribution in [-0.4, -0.2) is 18.2 Å². The fraction of sp³-hybridized carbons (Fsp3) is 0.188. The van der Waals surface area contributed by atoms with E-state index in [9.17, 15) is 4.79 Å². The van der Waals surface area contributed by atoms with E-state index < -0.39 is 0 Å². The molecule has 0 aromatic heterocycles. The zero-order valence-corrected chi connectivity index (χ0v) is 13.2. The minimum atomic E-state index is -0.0345. The highest BCUT2D eigenvalue weighted by molar-refractivity contribution is 7.99. The maximum absolute atomic E-state index is 12.8. The summed E-state index contributed by atoms with van der Waals surface area (Å²) in [6.07, 6.45) is 0. The molecule has 0 bridgehead atoms. The van der Waals surface area contributed by atoms with Crippen molar-refractivity contribution in [1.29, 1.82) is 0 Å². The van der Waals surface area contributed by atoms with Gasteiger partial charge in [-0.2, -0.15) is 0 Å². The number of halogens is 1. The van der Waals surface area contributed by atoms with Crippen LogP contribution in [0.25, 0.3) is 0 Å². The fourth-order valence-electron chi connectivity index (χ4n) is 2.46. The van der Waals surface area contributed by atoms with Crippen molar-refractivity contribution in [2.45, 2.75) is 11.8 Å². The molecular formula is C16H15ClN2OS. The van der Waals surface area contributed by atoms with Gasteiger partial charge in [0.2, 0.25) is 0 Å². The highest BCUT2D eigenvalue weighted by Gasteiger charge is 2.24. The van der Waals surface area contributed by atoms with Crippen molar-refractivity contribution < 1.29 is 4.79 Å². The molecule has 0 radical (unpaired) electrons. The van der Waals surface area contributed by atoms with E-state index in [1.165, 1.54) is 0 Å². The molecule has 3 rings (SSSR count). The van der Waals surface area contributed by atoms with Crippen LogP contribution >= 0.6 is 23.4 Å². The lowest BCUT2D eigenvalue weighted by atomic mass is 10.1. The highest BCUT2D eigenvalue weighted by Crippen LogP contribution is 2.36. The summed E-state index contributed by atoms with van der Waals surface area (Å²) in [6, 6.07) is 11.1. The van der Waals surface area contributed by atoms with Crippen LogP contribution in [0.15, 0.2) is 41.3 Å². The summed E-state index contributed by atoms with van der Waals surface area (Å²) in [5, 5.41) is 0.581. The maximum atomic E-state index is 12.8. The molecule has 108 valence electrons. The van der Waals surface area contributed by atoms with Gasteiger partial charge >= 0.3 is 0 Å². The Morgan fingerprint density at radius 2 is 2.10 bits per heavy atom. The first-order valence-corrected chi connectivity index (χ1v) is 8.02. The SMILES string of the molecule is Cc1cc(Cl)cc(C(=O)N2CCSc3ccc(N)cc32)c1. The molecule has 0 atom stereocenters. The van der Waals surface area contributed by atoms with Crippen molar-refractivity contribution in [3.8, 4) is 0 Å². The van der Waals surface area contributed by atoms with Gasteiger partial charge in [-0.15, -0.1) is 11.8 Å². The van der Waals surface area contributed by atoms with E-state index in [4.69, 9.17) is 17.3 Å². The smallest absolute Gasteiger partial charge is 0.258 e. The van der Waals surface area contributed by atoms with Gasteiger partial charge in [0.05, 0.1) is 5.69 Å². The number of rotatable bonds is 1. The predicted molar refractivity (Wildman–Crippen MR) is 89.4 cm³/mol. The summed E-state index contributed by atoms with van der Waals surface area (Å²) >= 11 is 7.81. The molecule has 1 aliphatic heterocycles. The van der Waals surface area contributed by atoms with Crippen LogP contribution in [0.4, 0.5) is 11.4 Å². The molecule has 0 spiro atoms. The molecule has 5 heteroatoms. The Balaban J connectivity index is 2.01. The second-order valence-corrected chi connectivity index (χ2v) is 6.62. The molecule has 1 heterocycles. The van der Waals surface area contributed by atoms with Crippen LogP contribution in [0.3, 0.4) is 0 Å². The van der Waals surface area contributed by atoms with Gasteiger partial charge < -0.3 is 10.6 Å². The molecule has 0 unspecified atom stereocenters. The minimum Gasteiger partial charge on any atom is -0.399 e. The minimum absolute atomic E-state index is 0.0345. The molecule has 0 fully saturated rings. The zero-order valence-electron chi connectivity index (χ0n) is 11.6. The standard InChI is InChI=1S/C16H15ClN2OS/c1-10-6-11(8-12(17)7-10)16(20)19-4-5-21-15-3-2-13(18)9-14(15)19/h2-3,6-9H,4-5,18H2,1H3. The topological polar surface area (TPSA) is 46.3 Å². The Morgan fingerprint density at radius 3 is 2.86 bits per heavy atom. The molecule has 0 saturated heterocycles. The Bertz CT molecular complexity index is 697. The average molecular weight is 319 g/mol. The van der Waals surface area contributed by atoms with Crippen LogP contribution in [0.2, 0.25) is 5.02 Å². The van der Waals surface area contributed by atoms with Crippen molar-refractivity contribution in [3.63, 3.8) is 0 Å². The van der Waals surface area contributed by atoms with Crippen molar-refractivity contribution in [3.05, 3.63) is 52.5 Å². The van der Waals surface area contributed by atoms with E-state index in [0.717, 1.165) is 21.9 Å². The number of carbonyl (C=O) groups is 1. The van der Waals surface area contributed by atoms with Crippen LogP contribution < -0.4 is 10.6 Å². The first-order chi connectivity index (χ1) is 10.0. The number of hydrogen-bond acceptors (Lipinski definition) is 3. The summed E-state index contributed by atoms with van der Waals surface area (Å²) in [7, 11) is 0. The highest BCUT2D eigenvalue weighted by atomic mass is 35.5. The summed E-state index contributed by atoms with van der Waals surface area (Å²) in [4.78, 5) is 15.7. The van der Waals surface area contributed by atoms with Gasteiger partial charge in [-0.25, -0.2) is 0 Å². The molecular weight excluding hydrogens is 304 g/mol. The third kappa shape index (κ3) is 2.87. The summed E-state index contributed by atoms with van der Waals surface area (Å²) in [5.74, 6) is 0.843. The largest absolute Gasteiger partial charge is 0.399 e. The number of fused-ring (bicyclic) bond motifs is 1. The number of carbonyl (C=O) groups excluding carboxylic acids is 1. The molecule has 2 aromatic rings. The normalized spacial score (nSPS) is 13.9. The molecule has 3 nitrogen and oxygen atoms in total.